The van der Waals surface area contributed by atoms with Gasteiger partial charge in [0, 0.05) is 27.3 Å². The van der Waals surface area contributed by atoms with Crippen molar-refractivity contribution in [3.05, 3.63) is 63.5 Å². The summed E-state index contributed by atoms with van der Waals surface area (Å²) in [5.74, 6) is -0.291. The lowest BCUT2D eigenvalue weighted by Gasteiger charge is -2.34. The van der Waals surface area contributed by atoms with Crippen molar-refractivity contribution in [1.82, 2.24) is 0 Å². The first-order valence-corrected chi connectivity index (χ1v) is 6.98. The molecule has 0 bridgehead atoms. The molecule has 0 saturated heterocycles. The molecule has 0 unspecified atom stereocenters. The monoisotopic (exact) mass is 289 g/mol. The topological polar surface area (TPSA) is 43.1 Å². The van der Waals surface area contributed by atoms with Crippen LogP contribution in [0.2, 0.25) is 0 Å². The van der Waals surface area contributed by atoms with Gasteiger partial charge >= 0.3 is 0 Å². The lowest BCUT2D eigenvalue weighted by Crippen LogP contribution is -2.23. The van der Waals surface area contributed by atoms with E-state index in [0.717, 1.165) is 20.9 Å². The fourth-order valence-corrected chi connectivity index (χ4v) is 4.04. The molecule has 0 aliphatic carbocycles. The van der Waals surface area contributed by atoms with E-state index in [1.165, 1.54) is 30.0 Å². The van der Waals surface area contributed by atoms with Crippen LogP contribution >= 0.6 is 11.8 Å². The van der Waals surface area contributed by atoms with Crippen molar-refractivity contribution < 1.29 is 9.31 Å². The fraction of sp³-hybridized carbons (Fsp3) is 0.200. The van der Waals surface area contributed by atoms with Crippen molar-refractivity contribution in [2.75, 3.05) is 0 Å². The molecular weight excluding hydrogens is 277 g/mol. The van der Waals surface area contributed by atoms with E-state index in [0.29, 0.717) is 0 Å². The molecule has 0 radical (unpaired) electrons. The summed E-state index contributed by atoms with van der Waals surface area (Å²) in [4.78, 5) is 12.1. The molecule has 2 aromatic rings. The molecule has 1 heterocycles. The maximum atomic E-state index is 13.4. The van der Waals surface area contributed by atoms with Gasteiger partial charge in [0.25, 0.3) is 5.69 Å². The van der Waals surface area contributed by atoms with E-state index in [-0.39, 0.29) is 16.9 Å². The first-order valence-electron chi connectivity index (χ1n) is 6.16. The zero-order valence-corrected chi connectivity index (χ0v) is 11.8. The van der Waals surface area contributed by atoms with Gasteiger partial charge < -0.3 is 0 Å². The van der Waals surface area contributed by atoms with Gasteiger partial charge in [-0.05, 0) is 23.3 Å². The molecule has 0 atom stereocenters. The molecule has 0 fully saturated rings. The second kappa shape index (κ2) is 4.31. The summed E-state index contributed by atoms with van der Waals surface area (Å²) in [6.07, 6.45) is 0. The second-order valence-electron chi connectivity index (χ2n) is 5.31. The molecule has 5 heteroatoms. The van der Waals surface area contributed by atoms with Crippen LogP contribution < -0.4 is 0 Å². The Morgan fingerprint density at radius 3 is 2.35 bits per heavy atom. The number of benzene rings is 2. The minimum atomic E-state index is -0.408. The molecule has 0 saturated carbocycles. The van der Waals surface area contributed by atoms with E-state index >= 15 is 0 Å². The molecule has 0 amide bonds. The van der Waals surface area contributed by atoms with E-state index in [9.17, 15) is 14.5 Å². The van der Waals surface area contributed by atoms with Crippen LogP contribution in [0, 0.1) is 15.9 Å². The van der Waals surface area contributed by atoms with E-state index in [1.807, 2.05) is 13.8 Å². The maximum Gasteiger partial charge on any atom is 0.270 e. The van der Waals surface area contributed by atoms with Crippen molar-refractivity contribution in [3.63, 3.8) is 0 Å². The summed E-state index contributed by atoms with van der Waals surface area (Å²) < 4.78 is 13.4. The first-order chi connectivity index (χ1) is 9.39. The van der Waals surface area contributed by atoms with Crippen LogP contribution in [0.15, 0.2) is 46.2 Å². The Balaban J connectivity index is 2.21. The van der Waals surface area contributed by atoms with E-state index < -0.39 is 4.92 Å². The lowest BCUT2D eigenvalue weighted by atomic mass is 9.77. The SMILES string of the molecule is CC1(C)c2ccc(F)cc2Sc2cc([N+](=O)[O-])ccc21. The number of halogens is 1. The fourth-order valence-electron chi connectivity index (χ4n) is 2.59. The summed E-state index contributed by atoms with van der Waals surface area (Å²) >= 11 is 1.39. The highest BCUT2D eigenvalue weighted by atomic mass is 32.2. The zero-order valence-electron chi connectivity index (χ0n) is 11.0. The minimum Gasteiger partial charge on any atom is -0.258 e. The van der Waals surface area contributed by atoms with Gasteiger partial charge in [0.05, 0.1) is 4.92 Å². The Morgan fingerprint density at radius 1 is 1.10 bits per heavy atom. The predicted molar refractivity (Wildman–Crippen MR) is 75.7 cm³/mol. The number of hydrogen-bond acceptors (Lipinski definition) is 3. The Morgan fingerprint density at radius 2 is 1.70 bits per heavy atom. The standard InChI is InChI=1S/C15H12FNO2S/c1-15(2)11-5-3-9(16)7-13(11)20-14-8-10(17(18)19)4-6-12(14)15/h3-8H,1-2H3. The smallest absolute Gasteiger partial charge is 0.258 e. The Bertz CT molecular complexity index is 728. The van der Waals surface area contributed by atoms with E-state index in [4.69, 9.17) is 0 Å². The van der Waals surface area contributed by atoms with Gasteiger partial charge in [0.15, 0.2) is 0 Å². The minimum absolute atomic E-state index is 0.0619. The van der Waals surface area contributed by atoms with Crippen LogP contribution in [0.5, 0.6) is 0 Å². The number of nitrogens with zero attached hydrogens (tertiary/aromatic N) is 1. The highest BCUT2D eigenvalue weighted by Crippen LogP contribution is 2.49. The van der Waals surface area contributed by atoms with Crippen LogP contribution in [0.4, 0.5) is 10.1 Å². The summed E-state index contributed by atoms with van der Waals surface area (Å²) in [6.45, 7) is 4.10. The summed E-state index contributed by atoms with van der Waals surface area (Å²) in [5.41, 5.74) is 1.85. The zero-order chi connectivity index (χ0) is 14.5. The molecule has 2 aromatic carbocycles. The number of fused-ring (bicyclic) bond motifs is 2. The molecule has 102 valence electrons. The highest BCUT2D eigenvalue weighted by Gasteiger charge is 2.34. The van der Waals surface area contributed by atoms with Crippen LogP contribution in [0.3, 0.4) is 0 Å². The van der Waals surface area contributed by atoms with Crippen LogP contribution in [-0.4, -0.2) is 4.92 Å². The molecule has 0 aromatic heterocycles. The van der Waals surface area contributed by atoms with Crippen molar-refractivity contribution in [3.8, 4) is 0 Å². The Kier molecular flexibility index (Phi) is 2.83. The van der Waals surface area contributed by atoms with Crippen molar-refractivity contribution in [2.24, 2.45) is 0 Å². The van der Waals surface area contributed by atoms with Crippen LogP contribution in [0.25, 0.3) is 0 Å². The van der Waals surface area contributed by atoms with Crippen LogP contribution in [-0.2, 0) is 5.41 Å². The van der Waals surface area contributed by atoms with Gasteiger partial charge in [-0.2, -0.15) is 0 Å². The molecule has 1 aliphatic heterocycles. The average Bonchev–Trinajstić information content (AvgIpc) is 2.37. The lowest BCUT2D eigenvalue weighted by molar-refractivity contribution is -0.385. The summed E-state index contributed by atoms with van der Waals surface area (Å²) in [5, 5.41) is 10.9. The maximum absolute atomic E-state index is 13.4. The second-order valence-corrected chi connectivity index (χ2v) is 6.39. The highest BCUT2D eigenvalue weighted by molar-refractivity contribution is 7.99. The molecule has 3 rings (SSSR count). The third kappa shape index (κ3) is 1.89. The van der Waals surface area contributed by atoms with E-state index in [2.05, 4.69) is 0 Å². The largest absolute Gasteiger partial charge is 0.270 e. The third-order valence-corrected chi connectivity index (χ3v) is 4.80. The van der Waals surface area contributed by atoms with Gasteiger partial charge in [0.1, 0.15) is 5.82 Å². The quantitative estimate of drug-likeness (QED) is 0.572. The summed E-state index contributed by atoms with van der Waals surface area (Å²) in [7, 11) is 0. The van der Waals surface area contributed by atoms with Crippen molar-refractivity contribution >= 4 is 17.4 Å². The van der Waals surface area contributed by atoms with Crippen molar-refractivity contribution in [1.29, 1.82) is 0 Å². The molecule has 1 aliphatic rings. The number of nitro benzene ring substituents is 1. The van der Waals surface area contributed by atoms with Crippen molar-refractivity contribution in [2.45, 2.75) is 29.1 Å². The van der Waals surface area contributed by atoms with Gasteiger partial charge in [-0.3, -0.25) is 10.1 Å². The third-order valence-electron chi connectivity index (χ3n) is 3.69. The van der Waals surface area contributed by atoms with Crippen LogP contribution in [0.1, 0.15) is 25.0 Å². The molecule has 0 N–H and O–H groups in total. The first kappa shape index (κ1) is 13.1. The molecular formula is C15H12FNO2S. The van der Waals surface area contributed by atoms with Gasteiger partial charge in [-0.1, -0.05) is 37.7 Å². The molecule has 20 heavy (non-hydrogen) atoms. The number of nitro groups is 1. The van der Waals surface area contributed by atoms with Gasteiger partial charge in [0.2, 0.25) is 0 Å². The Hall–Kier alpha value is -1.88. The number of hydrogen-bond donors (Lipinski definition) is 0. The van der Waals surface area contributed by atoms with Gasteiger partial charge in [-0.15, -0.1) is 0 Å². The molecule has 0 spiro atoms. The average molecular weight is 289 g/mol. The number of rotatable bonds is 1. The summed E-state index contributed by atoms with van der Waals surface area (Å²) in [6, 6.07) is 9.63. The van der Waals surface area contributed by atoms with Gasteiger partial charge in [-0.25, -0.2) is 4.39 Å². The molecule has 3 nitrogen and oxygen atoms in total. The number of non-ortho nitro benzene ring substituents is 1. The predicted octanol–water partition coefficient (Wildman–Crippen LogP) is 4.52. The Labute approximate surface area is 120 Å². The normalized spacial score (nSPS) is 15.3. The van der Waals surface area contributed by atoms with E-state index in [1.54, 1.807) is 18.2 Å².